The number of urea groups is 1. The van der Waals surface area contributed by atoms with Crippen LogP contribution in [0.4, 0.5) is 4.79 Å². The van der Waals surface area contributed by atoms with E-state index in [2.05, 4.69) is 41.4 Å². The maximum absolute atomic E-state index is 12.4. The number of likely N-dealkylation sites (N-methyl/N-ethyl adjacent to an activating group) is 1. The normalized spacial score (nSPS) is 14.4. The molecular weight excluding hydrogens is 380 g/mol. The highest BCUT2D eigenvalue weighted by molar-refractivity contribution is 5.94. The molecule has 7 heteroatoms. The van der Waals surface area contributed by atoms with Crippen molar-refractivity contribution in [2.75, 3.05) is 46.3 Å². The highest BCUT2D eigenvalue weighted by Crippen LogP contribution is 2.20. The number of rotatable bonds is 6. The summed E-state index contributed by atoms with van der Waals surface area (Å²) in [5.41, 5.74) is 3.99. The molecule has 0 unspecified atom stereocenters. The highest BCUT2D eigenvalue weighted by Gasteiger charge is 2.23. The van der Waals surface area contributed by atoms with E-state index in [-0.39, 0.29) is 19.0 Å². The fourth-order valence-electron chi connectivity index (χ4n) is 3.38. The van der Waals surface area contributed by atoms with Crippen LogP contribution in [0.25, 0.3) is 11.1 Å². The lowest BCUT2D eigenvalue weighted by molar-refractivity contribution is -0.0580. The van der Waals surface area contributed by atoms with Gasteiger partial charge in [-0.1, -0.05) is 43.3 Å². The molecule has 3 amide bonds. The summed E-state index contributed by atoms with van der Waals surface area (Å²) in [7, 11) is 2.00. The molecule has 1 aliphatic rings. The van der Waals surface area contributed by atoms with Crippen LogP contribution in [0, 0.1) is 0 Å². The zero-order valence-electron chi connectivity index (χ0n) is 17.7. The molecule has 0 atom stereocenters. The maximum atomic E-state index is 12.4. The van der Waals surface area contributed by atoms with Crippen LogP contribution >= 0.6 is 0 Å². The quantitative estimate of drug-likeness (QED) is 0.567. The Morgan fingerprint density at radius 2 is 1.53 bits per heavy atom. The Hall–Kier alpha value is -2.90. The van der Waals surface area contributed by atoms with Gasteiger partial charge in [0.2, 0.25) is 0 Å². The summed E-state index contributed by atoms with van der Waals surface area (Å²) in [5.74, 6) is -0.233. The van der Waals surface area contributed by atoms with Crippen LogP contribution in [-0.2, 0) is 6.42 Å². The van der Waals surface area contributed by atoms with E-state index in [1.54, 1.807) is 17.0 Å². The maximum Gasteiger partial charge on any atom is 0.343 e. The van der Waals surface area contributed by atoms with E-state index in [4.69, 9.17) is 0 Å². The van der Waals surface area contributed by atoms with Crippen LogP contribution in [0.3, 0.4) is 0 Å². The van der Waals surface area contributed by atoms with E-state index in [0.29, 0.717) is 23.7 Å². The highest BCUT2D eigenvalue weighted by atomic mass is 16.5. The number of hydrogen-bond acceptors (Lipinski definition) is 4. The summed E-state index contributed by atoms with van der Waals surface area (Å²) in [6.07, 6.45) is 1.01. The van der Waals surface area contributed by atoms with Crippen molar-refractivity contribution < 1.29 is 14.8 Å². The van der Waals surface area contributed by atoms with E-state index in [1.165, 1.54) is 5.56 Å². The molecule has 0 spiro atoms. The standard InChI is InChI=1S/C23H30N4O3/c1-3-18-4-6-19(7-5-18)20-8-10-21(11-9-20)22(28)24-12-13-27(30)23(29)26-16-14-25(2)15-17-26/h4-11,30H,3,12-17H2,1-2H3,(H,24,28). The SMILES string of the molecule is CCc1ccc(-c2ccc(C(=O)NCCN(O)C(=O)N3CCN(C)CC3)cc2)cc1. The molecule has 2 N–H and O–H groups in total. The van der Waals surface area contributed by atoms with E-state index in [1.807, 2.05) is 19.2 Å². The van der Waals surface area contributed by atoms with Gasteiger partial charge in [-0.25, -0.2) is 9.86 Å². The van der Waals surface area contributed by atoms with Crippen LogP contribution in [0.2, 0.25) is 0 Å². The number of amides is 3. The van der Waals surface area contributed by atoms with Gasteiger partial charge in [-0.15, -0.1) is 0 Å². The molecule has 7 nitrogen and oxygen atoms in total. The van der Waals surface area contributed by atoms with Gasteiger partial charge in [0.15, 0.2) is 0 Å². The number of carbonyl (C=O) groups excluding carboxylic acids is 2. The predicted molar refractivity (Wildman–Crippen MR) is 117 cm³/mol. The van der Waals surface area contributed by atoms with E-state index in [9.17, 15) is 14.8 Å². The monoisotopic (exact) mass is 410 g/mol. The van der Waals surface area contributed by atoms with Crippen molar-refractivity contribution in [1.82, 2.24) is 20.2 Å². The minimum Gasteiger partial charge on any atom is -0.350 e. The minimum absolute atomic E-state index is 0.0404. The number of benzene rings is 2. The van der Waals surface area contributed by atoms with E-state index in [0.717, 1.165) is 30.6 Å². The molecule has 3 rings (SSSR count). The van der Waals surface area contributed by atoms with Gasteiger partial charge in [0.05, 0.1) is 6.54 Å². The van der Waals surface area contributed by atoms with Crippen LogP contribution in [0.1, 0.15) is 22.8 Å². The van der Waals surface area contributed by atoms with Gasteiger partial charge in [0.25, 0.3) is 5.91 Å². The number of piperazine rings is 1. The first-order chi connectivity index (χ1) is 14.5. The fourth-order valence-corrected chi connectivity index (χ4v) is 3.38. The van der Waals surface area contributed by atoms with Crippen LogP contribution in [0.5, 0.6) is 0 Å². The minimum atomic E-state index is -0.421. The molecule has 2 aromatic carbocycles. The lowest BCUT2D eigenvalue weighted by Gasteiger charge is -2.34. The molecule has 30 heavy (non-hydrogen) atoms. The Kier molecular flexibility index (Phi) is 7.43. The van der Waals surface area contributed by atoms with Crippen LogP contribution in [-0.4, -0.2) is 78.3 Å². The third kappa shape index (κ3) is 5.58. The van der Waals surface area contributed by atoms with Crippen LogP contribution in [0.15, 0.2) is 48.5 Å². The smallest absolute Gasteiger partial charge is 0.343 e. The zero-order chi connectivity index (χ0) is 21.5. The van der Waals surface area contributed by atoms with Crippen molar-refractivity contribution >= 4 is 11.9 Å². The van der Waals surface area contributed by atoms with Crippen LogP contribution < -0.4 is 5.32 Å². The summed E-state index contributed by atoms with van der Waals surface area (Å²) in [6, 6.07) is 15.4. The van der Waals surface area contributed by atoms with E-state index >= 15 is 0 Å². The number of hydroxylamine groups is 2. The van der Waals surface area contributed by atoms with Crippen molar-refractivity contribution in [2.45, 2.75) is 13.3 Å². The molecular formula is C23H30N4O3. The largest absolute Gasteiger partial charge is 0.350 e. The van der Waals surface area contributed by atoms with Gasteiger partial charge in [0, 0.05) is 38.3 Å². The second-order valence-electron chi connectivity index (χ2n) is 7.58. The lowest BCUT2D eigenvalue weighted by Crippen LogP contribution is -2.52. The first kappa shape index (κ1) is 21.8. The molecule has 0 bridgehead atoms. The number of hydrogen-bond donors (Lipinski definition) is 2. The first-order valence-electron chi connectivity index (χ1n) is 10.4. The van der Waals surface area contributed by atoms with Gasteiger partial charge in [-0.3, -0.25) is 10.0 Å². The Bertz CT molecular complexity index is 844. The average Bonchev–Trinajstić information content (AvgIpc) is 2.79. The first-order valence-corrected chi connectivity index (χ1v) is 10.4. The van der Waals surface area contributed by atoms with E-state index < -0.39 is 6.03 Å². The van der Waals surface area contributed by atoms with Crippen molar-refractivity contribution in [2.24, 2.45) is 0 Å². The molecule has 1 saturated heterocycles. The summed E-state index contributed by atoms with van der Waals surface area (Å²) in [6.45, 7) is 5.09. The van der Waals surface area contributed by atoms with Crippen molar-refractivity contribution in [3.63, 3.8) is 0 Å². The summed E-state index contributed by atoms with van der Waals surface area (Å²) < 4.78 is 0. The fraction of sp³-hybridized carbons (Fsp3) is 0.391. The van der Waals surface area contributed by atoms with Crippen molar-refractivity contribution in [3.8, 4) is 11.1 Å². The van der Waals surface area contributed by atoms with Crippen molar-refractivity contribution in [3.05, 3.63) is 59.7 Å². The Labute approximate surface area is 177 Å². The van der Waals surface area contributed by atoms with Gasteiger partial charge in [0.1, 0.15) is 0 Å². The predicted octanol–water partition coefficient (Wildman–Crippen LogP) is 2.70. The second kappa shape index (κ2) is 10.2. The molecule has 2 aromatic rings. The average molecular weight is 411 g/mol. The second-order valence-corrected chi connectivity index (χ2v) is 7.58. The van der Waals surface area contributed by atoms with Gasteiger partial charge >= 0.3 is 6.03 Å². The molecule has 160 valence electrons. The van der Waals surface area contributed by atoms with Crippen molar-refractivity contribution in [1.29, 1.82) is 0 Å². The Balaban J connectivity index is 1.47. The zero-order valence-corrected chi connectivity index (χ0v) is 17.7. The summed E-state index contributed by atoms with van der Waals surface area (Å²) in [5, 5.41) is 13.4. The molecule has 0 aliphatic carbocycles. The van der Waals surface area contributed by atoms with Gasteiger partial charge in [-0.05, 0) is 42.3 Å². The number of carbonyl (C=O) groups is 2. The topological polar surface area (TPSA) is 76.1 Å². The lowest BCUT2D eigenvalue weighted by atomic mass is 10.0. The number of nitrogens with one attached hydrogen (secondary N) is 1. The number of nitrogens with zero attached hydrogens (tertiary/aromatic N) is 3. The third-order valence-corrected chi connectivity index (χ3v) is 5.45. The molecule has 0 saturated carbocycles. The summed E-state index contributed by atoms with van der Waals surface area (Å²) in [4.78, 5) is 28.3. The molecule has 1 aliphatic heterocycles. The molecule has 1 heterocycles. The molecule has 1 fully saturated rings. The summed E-state index contributed by atoms with van der Waals surface area (Å²) >= 11 is 0. The molecule has 0 aromatic heterocycles. The number of aryl methyl sites for hydroxylation is 1. The molecule has 0 radical (unpaired) electrons. The Morgan fingerprint density at radius 3 is 2.10 bits per heavy atom. The van der Waals surface area contributed by atoms with Gasteiger partial charge in [-0.2, -0.15) is 0 Å². The third-order valence-electron chi connectivity index (χ3n) is 5.45. The Morgan fingerprint density at radius 1 is 0.967 bits per heavy atom. The van der Waals surface area contributed by atoms with Gasteiger partial charge < -0.3 is 15.1 Å².